The summed E-state index contributed by atoms with van der Waals surface area (Å²) in [5, 5.41) is 2.82. The van der Waals surface area contributed by atoms with Crippen LogP contribution >= 0.6 is 0 Å². The third-order valence-corrected chi connectivity index (χ3v) is 4.79. The monoisotopic (exact) mass is 407 g/mol. The van der Waals surface area contributed by atoms with Crippen LogP contribution in [0.5, 0.6) is 17.2 Å². The van der Waals surface area contributed by atoms with Crippen LogP contribution in [0.25, 0.3) is 0 Å². The zero-order valence-electron chi connectivity index (χ0n) is 17.1. The Morgan fingerprint density at radius 3 is 2.73 bits per heavy atom. The smallest absolute Gasteiger partial charge is 0.287 e. The first-order valence-electron chi connectivity index (χ1n) is 9.98. The highest BCUT2D eigenvalue weighted by atomic mass is 16.5. The molecule has 6 nitrogen and oxygen atoms in total. The maximum atomic E-state index is 12.5. The summed E-state index contributed by atoms with van der Waals surface area (Å²) >= 11 is 0. The van der Waals surface area contributed by atoms with Crippen LogP contribution in [0, 0.1) is 0 Å². The molecule has 156 valence electrons. The summed E-state index contributed by atoms with van der Waals surface area (Å²) in [4.78, 5) is 12.5. The largest absolute Gasteiger partial charge is 0.489 e. The molecular weight excluding hydrogens is 382 g/mol. The Kier molecular flexibility index (Phi) is 5.65. The number of furan rings is 1. The van der Waals surface area contributed by atoms with Crippen LogP contribution < -0.4 is 19.5 Å². The number of benzene rings is 2. The van der Waals surface area contributed by atoms with Crippen LogP contribution in [0.3, 0.4) is 0 Å². The predicted molar refractivity (Wildman–Crippen MR) is 112 cm³/mol. The molecule has 2 aromatic carbocycles. The van der Waals surface area contributed by atoms with Gasteiger partial charge in [-0.05, 0) is 38.1 Å². The van der Waals surface area contributed by atoms with Gasteiger partial charge in [-0.1, -0.05) is 30.3 Å². The summed E-state index contributed by atoms with van der Waals surface area (Å²) in [5.41, 5.74) is 1.60. The number of carbonyl (C=O) groups excluding carboxylic acids is 1. The molecule has 0 unspecified atom stereocenters. The quantitative estimate of drug-likeness (QED) is 0.561. The number of fused-ring (bicyclic) bond motifs is 1. The molecule has 0 saturated carbocycles. The van der Waals surface area contributed by atoms with Crippen LogP contribution in [0.1, 0.15) is 35.5 Å². The molecular formula is C24H25NO5. The van der Waals surface area contributed by atoms with Crippen molar-refractivity contribution >= 4 is 5.91 Å². The van der Waals surface area contributed by atoms with Gasteiger partial charge in [-0.15, -0.1) is 0 Å². The minimum atomic E-state index is -0.300. The van der Waals surface area contributed by atoms with E-state index in [9.17, 15) is 4.79 Å². The van der Waals surface area contributed by atoms with Crippen LogP contribution in [-0.4, -0.2) is 24.7 Å². The third kappa shape index (κ3) is 4.59. The van der Waals surface area contributed by atoms with Gasteiger partial charge in [0.05, 0.1) is 12.8 Å². The number of hydrogen-bond acceptors (Lipinski definition) is 5. The SMILES string of the molecule is CC1(C)Cc2cccc(OCCNC(=O)c3occc3COc3ccccc3)c2O1. The van der Waals surface area contributed by atoms with Crippen molar-refractivity contribution in [2.75, 3.05) is 13.2 Å². The molecule has 1 amide bonds. The van der Waals surface area contributed by atoms with E-state index >= 15 is 0 Å². The molecule has 3 aromatic rings. The number of para-hydroxylation sites is 2. The van der Waals surface area contributed by atoms with Crippen molar-refractivity contribution < 1.29 is 23.4 Å². The lowest BCUT2D eigenvalue weighted by Gasteiger charge is -2.18. The summed E-state index contributed by atoms with van der Waals surface area (Å²) in [5.74, 6) is 2.17. The van der Waals surface area contributed by atoms with E-state index in [1.807, 2.05) is 42.5 Å². The molecule has 2 heterocycles. The molecule has 0 saturated heterocycles. The molecule has 0 spiro atoms. The molecule has 0 aliphatic carbocycles. The number of rotatable bonds is 8. The molecule has 6 heteroatoms. The Morgan fingerprint density at radius 2 is 1.90 bits per heavy atom. The number of ether oxygens (including phenoxy) is 3. The van der Waals surface area contributed by atoms with E-state index in [1.54, 1.807) is 6.07 Å². The number of nitrogens with one attached hydrogen (secondary N) is 1. The van der Waals surface area contributed by atoms with Crippen molar-refractivity contribution in [1.82, 2.24) is 5.32 Å². The third-order valence-electron chi connectivity index (χ3n) is 4.79. The number of hydrogen-bond donors (Lipinski definition) is 1. The fraction of sp³-hybridized carbons (Fsp3) is 0.292. The lowest BCUT2D eigenvalue weighted by atomic mass is 10.0. The molecule has 0 bridgehead atoms. The molecule has 0 radical (unpaired) electrons. The molecule has 1 aliphatic heterocycles. The predicted octanol–water partition coefficient (Wildman–Crippen LogP) is 4.38. The van der Waals surface area contributed by atoms with Crippen LogP contribution in [0.15, 0.2) is 65.3 Å². The van der Waals surface area contributed by atoms with Gasteiger partial charge >= 0.3 is 0 Å². The summed E-state index contributed by atoms with van der Waals surface area (Å²) in [6.45, 7) is 5.02. The Labute approximate surface area is 175 Å². The number of amides is 1. The molecule has 4 rings (SSSR count). The first kappa shape index (κ1) is 19.9. The highest BCUT2D eigenvalue weighted by molar-refractivity contribution is 5.92. The average Bonchev–Trinajstić information content (AvgIpc) is 3.33. The fourth-order valence-corrected chi connectivity index (χ4v) is 3.43. The average molecular weight is 407 g/mol. The van der Waals surface area contributed by atoms with Gasteiger partial charge in [0.15, 0.2) is 17.3 Å². The van der Waals surface area contributed by atoms with Gasteiger partial charge in [0.25, 0.3) is 5.91 Å². The normalized spacial score (nSPS) is 13.9. The Bertz CT molecular complexity index is 1010. The maximum Gasteiger partial charge on any atom is 0.287 e. The first-order chi connectivity index (χ1) is 14.5. The van der Waals surface area contributed by atoms with Gasteiger partial charge in [-0.25, -0.2) is 0 Å². The van der Waals surface area contributed by atoms with Crippen LogP contribution in [-0.2, 0) is 13.0 Å². The topological polar surface area (TPSA) is 69.9 Å². The Balaban J connectivity index is 1.28. The standard InChI is InChI=1S/C24H25NO5/c1-24(2)15-17-7-6-10-20(21(17)30-24)27-14-12-25-23(26)22-18(11-13-28-22)16-29-19-8-4-3-5-9-19/h3-11,13H,12,14-16H2,1-2H3,(H,25,26). The van der Waals surface area contributed by atoms with Crippen molar-refractivity contribution in [3.8, 4) is 17.2 Å². The van der Waals surface area contributed by atoms with E-state index in [2.05, 4.69) is 25.2 Å². The van der Waals surface area contributed by atoms with Crippen molar-refractivity contribution in [1.29, 1.82) is 0 Å². The van der Waals surface area contributed by atoms with Gasteiger partial charge in [0.2, 0.25) is 0 Å². The van der Waals surface area contributed by atoms with E-state index < -0.39 is 0 Å². The van der Waals surface area contributed by atoms with Gasteiger partial charge in [-0.2, -0.15) is 0 Å². The maximum absolute atomic E-state index is 12.5. The van der Waals surface area contributed by atoms with Crippen molar-refractivity contribution in [3.63, 3.8) is 0 Å². The summed E-state index contributed by atoms with van der Waals surface area (Å²) in [6.07, 6.45) is 2.34. The van der Waals surface area contributed by atoms with Crippen molar-refractivity contribution in [2.45, 2.75) is 32.5 Å². The highest BCUT2D eigenvalue weighted by Crippen LogP contribution is 2.41. The van der Waals surface area contributed by atoms with Gasteiger partial charge in [0, 0.05) is 17.5 Å². The van der Waals surface area contributed by atoms with E-state index in [0.29, 0.717) is 24.5 Å². The van der Waals surface area contributed by atoms with Crippen molar-refractivity contribution in [2.24, 2.45) is 0 Å². The van der Waals surface area contributed by atoms with Crippen LogP contribution in [0.4, 0.5) is 0 Å². The first-order valence-corrected chi connectivity index (χ1v) is 9.98. The summed E-state index contributed by atoms with van der Waals surface area (Å²) in [7, 11) is 0. The summed E-state index contributed by atoms with van der Waals surface area (Å²) in [6, 6.07) is 17.1. The zero-order chi connectivity index (χ0) is 21.0. The Morgan fingerprint density at radius 1 is 1.07 bits per heavy atom. The van der Waals surface area contributed by atoms with Crippen LogP contribution in [0.2, 0.25) is 0 Å². The van der Waals surface area contributed by atoms with E-state index in [4.69, 9.17) is 18.6 Å². The van der Waals surface area contributed by atoms with E-state index in [1.165, 1.54) is 6.26 Å². The zero-order valence-corrected chi connectivity index (χ0v) is 17.1. The molecule has 0 atom stereocenters. The Hall–Kier alpha value is -3.41. The minimum Gasteiger partial charge on any atom is -0.489 e. The second kappa shape index (κ2) is 8.53. The molecule has 0 fully saturated rings. The fourth-order valence-electron chi connectivity index (χ4n) is 3.43. The van der Waals surface area contributed by atoms with E-state index in [0.717, 1.165) is 23.5 Å². The lowest BCUT2D eigenvalue weighted by molar-refractivity contribution is 0.0915. The minimum absolute atomic E-state index is 0.229. The second-order valence-electron chi connectivity index (χ2n) is 7.76. The van der Waals surface area contributed by atoms with Gasteiger partial charge < -0.3 is 23.9 Å². The van der Waals surface area contributed by atoms with Gasteiger partial charge in [-0.3, -0.25) is 4.79 Å². The van der Waals surface area contributed by atoms with Gasteiger partial charge in [0.1, 0.15) is 24.6 Å². The number of carbonyl (C=O) groups is 1. The van der Waals surface area contributed by atoms with E-state index in [-0.39, 0.29) is 23.9 Å². The summed E-state index contributed by atoms with van der Waals surface area (Å²) < 4.78 is 22.9. The molecule has 1 aromatic heterocycles. The lowest BCUT2D eigenvalue weighted by Crippen LogP contribution is -2.28. The molecule has 1 aliphatic rings. The molecule has 30 heavy (non-hydrogen) atoms. The van der Waals surface area contributed by atoms with Crippen molar-refractivity contribution in [3.05, 3.63) is 77.7 Å². The second-order valence-corrected chi connectivity index (χ2v) is 7.76. The highest BCUT2D eigenvalue weighted by Gasteiger charge is 2.32. The molecule has 1 N–H and O–H groups in total.